The number of aliphatic hydroxyl groups is 1. The van der Waals surface area contributed by atoms with E-state index in [0.29, 0.717) is 12.0 Å². The molecule has 3 rings (SSSR count). The fourth-order valence-electron chi connectivity index (χ4n) is 3.34. The molecule has 0 radical (unpaired) electrons. The zero-order chi connectivity index (χ0) is 16.0. The van der Waals surface area contributed by atoms with Gasteiger partial charge in [-0.15, -0.1) is 0 Å². The second kappa shape index (κ2) is 5.68. The molecule has 0 fully saturated rings. The normalized spacial score (nSPS) is 19.0. The van der Waals surface area contributed by atoms with Crippen LogP contribution in [0.3, 0.4) is 0 Å². The number of nitrogens with zero attached hydrogens (tertiary/aromatic N) is 1. The van der Waals surface area contributed by atoms with Crippen LogP contribution in [0, 0.1) is 5.92 Å². The second-order valence-electron chi connectivity index (χ2n) is 6.09. The highest BCUT2D eigenvalue weighted by Crippen LogP contribution is 2.38. The number of carbonyl (C=O) groups is 1. The quantitative estimate of drug-likeness (QED) is 0.712. The maximum atomic E-state index is 12.2. The minimum atomic E-state index is -1.02. The molecule has 1 heterocycles. The highest BCUT2D eigenvalue weighted by atomic mass is 79.9. The van der Waals surface area contributed by atoms with Crippen molar-refractivity contribution < 1.29 is 9.90 Å². The van der Waals surface area contributed by atoms with E-state index in [9.17, 15) is 9.90 Å². The van der Waals surface area contributed by atoms with Gasteiger partial charge in [0.2, 0.25) is 5.91 Å². The standard InChI is InChI=1S/C16H20BrN3O2/c1-20(2)16(22)8-3-4-9-12(7-8)19-14-10(15(18)21)5-6-11(17)13(9)14/h5-6,8,15,19,21H,3-4,7,18H2,1-2H3. The Kier molecular flexibility index (Phi) is 4.01. The predicted molar refractivity (Wildman–Crippen MR) is 89.4 cm³/mol. The van der Waals surface area contributed by atoms with Crippen molar-refractivity contribution >= 4 is 32.7 Å². The number of aryl methyl sites for hydroxylation is 1. The maximum absolute atomic E-state index is 12.2. The first-order chi connectivity index (χ1) is 10.4. The van der Waals surface area contributed by atoms with E-state index >= 15 is 0 Å². The Morgan fingerprint density at radius 1 is 1.50 bits per heavy atom. The smallest absolute Gasteiger partial charge is 0.225 e. The Balaban J connectivity index is 2.08. The minimum Gasteiger partial charge on any atom is -0.374 e. The summed E-state index contributed by atoms with van der Waals surface area (Å²) in [4.78, 5) is 17.3. The predicted octanol–water partition coefficient (Wildman–Crippen LogP) is 2.07. The zero-order valence-corrected chi connectivity index (χ0v) is 14.3. The molecule has 4 N–H and O–H groups in total. The summed E-state index contributed by atoms with van der Waals surface area (Å²) in [6.07, 6.45) is 1.38. The third-order valence-corrected chi connectivity index (χ3v) is 5.09. The van der Waals surface area contributed by atoms with Crippen molar-refractivity contribution in [2.24, 2.45) is 11.7 Å². The van der Waals surface area contributed by atoms with E-state index in [1.54, 1.807) is 19.0 Å². The van der Waals surface area contributed by atoms with E-state index in [1.807, 2.05) is 12.1 Å². The van der Waals surface area contributed by atoms with Gasteiger partial charge in [-0.1, -0.05) is 22.0 Å². The van der Waals surface area contributed by atoms with Crippen LogP contribution in [-0.4, -0.2) is 35.0 Å². The number of H-pyrrole nitrogens is 1. The molecule has 2 aromatic rings. The molecule has 1 aromatic heterocycles. The molecule has 6 heteroatoms. The number of amides is 1. The van der Waals surface area contributed by atoms with Gasteiger partial charge in [0, 0.05) is 41.1 Å². The van der Waals surface area contributed by atoms with Crippen molar-refractivity contribution in [3.63, 3.8) is 0 Å². The molecule has 1 aromatic carbocycles. The van der Waals surface area contributed by atoms with E-state index in [1.165, 1.54) is 5.56 Å². The van der Waals surface area contributed by atoms with Gasteiger partial charge >= 0.3 is 0 Å². The Hall–Kier alpha value is -1.37. The van der Waals surface area contributed by atoms with Crippen molar-refractivity contribution in [1.29, 1.82) is 0 Å². The Morgan fingerprint density at radius 3 is 2.86 bits per heavy atom. The molecule has 1 aliphatic carbocycles. The van der Waals surface area contributed by atoms with Crippen molar-refractivity contribution in [2.75, 3.05) is 14.1 Å². The summed E-state index contributed by atoms with van der Waals surface area (Å²) in [6, 6.07) is 3.74. The SMILES string of the molecule is CN(C)C(=O)C1CCc2c([nH]c3c(C(N)O)ccc(Br)c23)C1. The fraction of sp³-hybridized carbons (Fsp3) is 0.438. The average molecular weight is 366 g/mol. The van der Waals surface area contributed by atoms with Crippen LogP contribution in [0.2, 0.25) is 0 Å². The largest absolute Gasteiger partial charge is 0.374 e. The molecular formula is C16H20BrN3O2. The lowest BCUT2D eigenvalue weighted by molar-refractivity contribution is -0.133. The molecule has 0 spiro atoms. The summed E-state index contributed by atoms with van der Waals surface area (Å²) in [5, 5.41) is 10.8. The van der Waals surface area contributed by atoms with Gasteiger partial charge in [0.15, 0.2) is 0 Å². The minimum absolute atomic E-state index is 0.0144. The van der Waals surface area contributed by atoms with Crippen LogP contribution in [0.15, 0.2) is 16.6 Å². The number of halogens is 1. The number of fused-ring (bicyclic) bond motifs is 3. The Morgan fingerprint density at radius 2 is 2.23 bits per heavy atom. The summed E-state index contributed by atoms with van der Waals surface area (Å²) in [5.41, 5.74) is 9.52. The zero-order valence-electron chi connectivity index (χ0n) is 12.7. The molecular weight excluding hydrogens is 346 g/mol. The molecule has 1 aliphatic rings. The van der Waals surface area contributed by atoms with Crippen molar-refractivity contribution in [1.82, 2.24) is 9.88 Å². The molecule has 1 amide bonds. The van der Waals surface area contributed by atoms with Crippen molar-refractivity contribution in [3.05, 3.63) is 33.4 Å². The Labute approximate surface area is 137 Å². The van der Waals surface area contributed by atoms with Gasteiger partial charge in [0.1, 0.15) is 6.23 Å². The monoisotopic (exact) mass is 365 g/mol. The van der Waals surface area contributed by atoms with E-state index in [2.05, 4.69) is 20.9 Å². The van der Waals surface area contributed by atoms with Crippen LogP contribution in [0.4, 0.5) is 0 Å². The van der Waals surface area contributed by atoms with Gasteiger partial charge in [-0.25, -0.2) is 0 Å². The first-order valence-corrected chi connectivity index (χ1v) is 8.16. The first kappa shape index (κ1) is 15.5. The number of nitrogens with two attached hydrogens (primary N) is 1. The number of aliphatic hydroxyl groups excluding tert-OH is 1. The first-order valence-electron chi connectivity index (χ1n) is 7.36. The number of carbonyl (C=O) groups excluding carboxylic acids is 1. The molecule has 22 heavy (non-hydrogen) atoms. The molecule has 118 valence electrons. The highest BCUT2D eigenvalue weighted by Gasteiger charge is 2.29. The summed E-state index contributed by atoms with van der Waals surface area (Å²) < 4.78 is 0.988. The Bertz CT molecular complexity index is 737. The number of hydrogen-bond donors (Lipinski definition) is 3. The maximum Gasteiger partial charge on any atom is 0.225 e. The lowest BCUT2D eigenvalue weighted by atomic mass is 9.86. The van der Waals surface area contributed by atoms with Gasteiger partial charge in [-0.2, -0.15) is 0 Å². The number of benzene rings is 1. The highest BCUT2D eigenvalue weighted by molar-refractivity contribution is 9.10. The summed E-state index contributed by atoms with van der Waals surface area (Å²) >= 11 is 3.59. The molecule has 2 unspecified atom stereocenters. The van der Waals surface area contributed by atoms with E-state index in [0.717, 1.165) is 33.9 Å². The van der Waals surface area contributed by atoms with Gasteiger partial charge in [0.05, 0.1) is 5.52 Å². The lowest BCUT2D eigenvalue weighted by Gasteiger charge is -2.24. The third-order valence-electron chi connectivity index (χ3n) is 4.43. The number of nitrogens with one attached hydrogen (secondary N) is 1. The number of rotatable bonds is 2. The summed E-state index contributed by atoms with van der Waals surface area (Å²) in [5.74, 6) is 0.183. The van der Waals surface area contributed by atoms with Crippen LogP contribution >= 0.6 is 15.9 Å². The third kappa shape index (κ3) is 2.45. The van der Waals surface area contributed by atoms with Crippen LogP contribution in [0.5, 0.6) is 0 Å². The number of aromatic nitrogens is 1. The number of hydrogen-bond acceptors (Lipinski definition) is 3. The van der Waals surface area contributed by atoms with E-state index in [4.69, 9.17) is 5.73 Å². The van der Waals surface area contributed by atoms with Gasteiger partial charge in [0.25, 0.3) is 0 Å². The number of aromatic amines is 1. The van der Waals surface area contributed by atoms with Gasteiger partial charge in [-0.3, -0.25) is 4.79 Å². The van der Waals surface area contributed by atoms with Crippen LogP contribution in [0.25, 0.3) is 10.9 Å². The van der Waals surface area contributed by atoms with Crippen LogP contribution in [0.1, 0.15) is 29.5 Å². The van der Waals surface area contributed by atoms with Crippen LogP contribution < -0.4 is 5.73 Å². The molecule has 5 nitrogen and oxygen atoms in total. The summed E-state index contributed by atoms with van der Waals surface area (Å²) in [6.45, 7) is 0. The van der Waals surface area contributed by atoms with Crippen molar-refractivity contribution in [3.8, 4) is 0 Å². The molecule has 0 saturated carbocycles. The average Bonchev–Trinajstić information content (AvgIpc) is 2.85. The lowest BCUT2D eigenvalue weighted by Crippen LogP contribution is -2.33. The topological polar surface area (TPSA) is 82.4 Å². The summed E-state index contributed by atoms with van der Waals surface area (Å²) in [7, 11) is 3.59. The molecule has 0 bridgehead atoms. The van der Waals surface area contributed by atoms with E-state index in [-0.39, 0.29) is 11.8 Å². The van der Waals surface area contributed by atoms with Crippen LogP contribution in [-0.2, 0) is 17.6 Å². The van der Waals surface area contributed by atoms with E-state index < -0.39 is 6.23 Å². The second-order valence-corrected chi connectivity index (χ2v) is 6.94. The molecule has 0 aliphatic heterocycles. The van der Waals surface area contributed by atoms with Gasteiger partial charge < -0.3 is 20.7 Å². The molecule has 0 saturated heterocycles. The van der Waals surface area contributed by atoms with Gasteiger partial charge in [-0.05, 0) is 30.9 Å². The van der Waals surface area contributed by atoms with Crippen molar-refractivity contribution in [2.45, 2.75) is 25.5 Å². The fourth-order valence-corrected chi connectivity index (χ4v) is 3.91. The molecule has 2 atom stereocenters.